The lowest BCUT2D eigenvalue weighted by atomic mass is 9.97. The Balaban J connectivity index is 3.29. The number of ketones is 1. The van der Waals surface area contributed by atoms with Crippen LogP contribution in [0, 0.1) is 6.92 Å². The summed E-state index contributed by atoms with van der Waals surface area (Å²) in [4.78, 5) is 12.1. The van der Waals surface area contributed by atoms with Crippen molar-refractivity contribution >= 4 is 53.6 Å². The Morgan fingerprint density at radius 3 is 2.27 bits per heavy atom. The Bertz CT molecular complexity index is 405. The molecule has 0 heterocycles. The summed E-state index contributed by atoms with van der Waals surface area (Å²) < 4.78 is 1.37. The van der Waals surface area contributed by atoms with Crippen LogP contribution in [0.1, 0.15) is 29.8 Å². The molecule has 0 bridgehead atoms. The molecule has 15 heavy (non-hydrogen) atoms. The molecule has 0 spiro atoms. The maximum Gasteiger partial charge on any atom is 0.179 e. The molecule has 1 aromatic rings. The zero-order valence-electron chi connectivity index (χ0n) is 8.70. The van der Waals surface area contributed by atoms with E-state index in [4.69, 9.17) is 0 Å². The molecule has 0 N–H and O–H groups in total. The monoisotopic (exact) mass is 396 g/mol. The van der Waals surface area contributed by atoms with Crippen LogP contribution in [0.4, 0.5) is 0 Å². The highest BCUT2D eigenvalue weighted by molar-refractivity contribution is 9.13. The van der Waals surface area contributed by atoms with Crippen LogP contribution in [0.5, 0.6) is 0 Å². The third-order valence-corrected chi connectivity index (χ3v) is 4.70. The molecule has 0 aliphatic heterocycles. The van der Waals surface area contributed by atoms with Gasteiger partial charge >= 0.3 is 0 Å². The summed E-state index contributed by atoms with van der Waals surface area (Å²) in [7, 11) is 0. The van der Waals surface area contributed by atoms with Gasteiger partial charge in [-0.2, -0.15) is 0 Å². The Labute approximate surface area is 115 Å². The third-order valence-electron chi connectivity index (χ3n) is 2.12. The van der Waals surface area contributed by atoms with Crippen LogP contribution in [0.2, 0.25) is 0 Å². The van der Waals surface area contributed by atoms with E-state index in [2.05, 4.69) is 47.8 Å². The highest BCUT2D eigenvalue weighted by Crippen LogP contribution is 2.32. The van der Waals surface area contributed by atoms with Gasteiger partial charge in [0.05, 0.1) is 4.32 Å². The maximum absolute atomic E-state index is 12.1. The molecule has 1 aromatic carbocycles. The van der Waals surface area contributed by atoms with Crippen molar-refractivity contribution in [2.75, 3.05) is 0 Å². The van der Waals surface area contributed by atoms with E-state index in [9.17, 15) is 4.79 Å². The number of alkyl halides is 1. The summed E-state index contributed by atoms with van der Waals surface area (Å²) in [5.74, 6) is 0.0909. The second kappa shape index (κ2) is 4.68. The Morgan fingerprint density at radius 2 is 1.80 bits per heavy atom. The van der Waals surface area contributed by atoms with E-state index >= 15 is 0 Å². The van der Waals surface area contributed by atoms with Crippen molar-refractivity contribution in [3.63, 3.8) is 0 Å². The topological polar surface area (TPSA) is 17.1 Å². The van der Waals surface area contributed by atoms with Crippen molar-refractivity contribution in [2.45, 2.75) is 25.1 Å². The number of rotatable bonds is 2. The molecule has 1 nitrogen and oxygen atoms in total. The fourth-order valence-corrected chi connectivity index (χ4v) is 2.21. The number of Topliss-reactive ketones (excluding diaryl/α,β-unsaturated/α-hetero) is 1. The van der Waals surface area contributed by atoms with Gasteiger partial charge in [0.2, 0.25) is 0 Å². The Kier molecular flexibility index (Phi) is 4.18. The maximum atomic E-state index is 12.1. The molecule has 0 unspecified atom stereocenters. The van der Waals surface area contributed by atoms with Crippen molar-refractivity contribution in [3.8, 4) is 0 Å². The second-order valence-electron chi connectivity index (χ2n) is 3.84. The first-order chi connectivity index (χ1) is 6.75. The zero-order chi connectivity index (χ0) is 11.8. The van der Waals surface area contributed by atoms with Crippen LogP contribution in [0.3, 0.4) is 0 Å². The molecule has 0 amide bonds. The third kappa shape index (κ3) is 2.92. The molecular formula is C11H11Br3O. The van der Waals surface area contributed by atoms with Gasteiger partial charge in [-0.05, 0) is 70.3 Å². The van der Waals surface area contributed by atoms with Crippen LogP contribution in [0.25, 0.3) is 0 Å². The zero-order valence-corrected chi connectivity index (χ0v) is 13.5. The number of benzene rings is 1. The Morgan fingerprint density at radius 1 is 1.27 bits per heavy atom. The normalized spacial score (nSPS) is 11.6. The van der Waals surface area contributed by atoms with Crippen molar-refractivity contribution in [2.24, 2.45) is 0 Å². The van der Waals surface area contributed by atoms with Gasteiger partial charge in [-0.25, -0.2) is 0 Å². The van der Waals surface area contributed by atoms with Crippen LogP contribution in [-0.2, 0) is 0 Å². The molecule has 0 atom stereocenters. The molecule has 1 rings (SSSR count). The van der Waals surface area contributed by atoms with Gasteiger partial charge in [0.1, 0.15) is 0 Å². The number of halogens is 3. The molecule has 82 valence electrons. The fourth-order valence-electron chi connectivity index (χ4n) is 1.22. The summed E-state index contributed by atoms with van der Waals surface area (Å²) in [6.07, 6.45) is 0. The first kappa shape index (κ1) is 13.4. The number of hydrogen-bond acceptors (Lipinski definition) is 1. The molecule has 0 saturated heterocycles. The van der Waals surface area contributed by atoms with E-state index in [1.807, 2.05) is 32.9 Å². The van der Waals surface area contributed by atoms with E-state index in [0.717, 1.165) is 20.1 Å². The largest absolute Gasteiger partial charge is 0.293 e. The van der Waals surface area contributed by atoms with Crippen LogP contribution >= 0.6 is 47.8 Å². The minimum atomic E-state index is -0.523. The molecule has 0 fully saturated rings. The molecular weight excluding hydrogens is 388 g/mol. The predicted molar refractivity (Wildman–Crippen MR) is 73.9 cm³/mol. The van der Waals surface area contributed by atoms with Gasteiger partial charge in [-0.15, -0.1) is 0 Å². The van der Waals surface area contributed by atoms with E-state index in [-0.39, 0.29) is 5.78 Å². The first-order valence-electron chi connectivity index (χ1n) is 4.43. The van der Waals surface area contributed by atoms with E-state index < -0.39 is 4.32 Å². The molecule has 0 aliphatic rings. The Hall–Kier alpha value is 0.330. The van der Waals surface area contributed by atoms with E-state index in [0.29, 0.717) is 0 Å². The van der Waals surface area contributed by atoms with Gasteiger partial charge in [-0.1, -0.05) is 15.9 Å². The van der Waals surface area contributed by atoms with Crippen molar-refractivity contribution in [1.29, 1.82) is 0 Å². The molecule has 0 saturated carbocycles. The van der Waals surface area contributed by atoms with E-state index in [1.54, 1.807) is 0 Å². The predicted octanol–water partition coefficient (Wildman–Crippen LogP) is 4.88. The fraction of sp³-hybridized carbons (Fsp3) is 0.364. The average Bonchev–Trinajstić information content (AvgIpc) is 2.12. The highest BCUT2D eigenvalue weighted by atomic mass is 79.9. The SMILES string of the molecule is Cc1c(C(=O)C(C)(C)Br)ccc(Br)c1Br. The van der Waals surface area contributed by atoms with Gasteiger partial charge in [0.15, 0.2) is 5.78 Å². The minimum Gasteiger partial charge on any atom is -0.293 e. The summed E-state index contributed by atoms with van der Waals surface area (Å²) in [6.45, 7) is 5.64. The summed E-state index contributed by atoms with van der Waals surface area (Å²) >= 11 is 10.2. The van der Waals surface area contributed by atoms with Gasteiger partial charge in [-0.3, -0.25) is 4.79 Å². The number of carbonyl (C=O) groups excluding carboxylic acids is 1. The molecule has 0 aromatic heterocycles. The lowest BCUT2D eigenvalue weighted by Crippen LogP contribution is -2.24. The summed E-state index contributed by atoms with van der Waals surface area (Å²) in [5.41, 5.74) is 1.70. The summed E-state index contributed by atoms with van der Waals surface area (Å²) in [5, 5.41) is 0. The number of carbonyl (C=O) groups is 1. The quantitative estimate of drug-likeness (QED) is 0.512. The number of hydrogen-bond donors (Lipinski definition) is 0. The lowest BCUT2D eigenvalue weighted by molar-refractivity contribution is 0.0960. The van der Waals surface area contributed by atoms with Crippen molar-refractivity contribution in [3.05, 3.63) is 32.2 Å². The van der Waals surface area contributed by atoms with Crippen molar-refractivity contribution < 1.29 is 4.79 Å². The first-order valence-corrected chi connectivity index (χ1v) is 6.81. The lowest BCUT2D eigenvalue weighted by Gasteiger charge is -2.17. The molecule has 0 aliphatic carbocycles. The van der Waals surface area contributed by atoms with Crippen LogP contribution < -0.4 is 0 Å². The van der Waals surface area contributed by atoms with Gasteiger partial charge in [0.25, 0.3) is 0 Å². The average molecular weight is 399 g/mol. The second-order valence-corrected chi connectivity index (χ2v) is 7.47. The van der Waals surface area contributed by atoms with Crippen LogP contribution in [0.15, 0.2) is 21.1 Å². The van der Waals surface area contributed by atoms with E-state index in [1.165, 1.54) is 0 Å². The van der Waals surface area contributed by atoms with Gasteiger partial charge in [0, 0.05) is 14.5 Å². The standard InChI is InChI=1S/C11H11Br3O/c1-6-7(10(15)11(2,3)14)4-5-8(12)9(6)13/h4-5H,1-3H3. The summed E-state index contributed by atoms with van der Waals surface area (Å²) in [6, 6.07) is 3.72. The highest BCUT2D eigenvalue weighted by Gasteiger charge is 2.26. The van der Waals surface area contributed by atoms with Crippen molar-refractivity contribution in [1.82, 2.24) is 0 Å². The molecule has 4 heteroatoms. The van der Waals surface area contributed by atoms with Gasteiger partial charge < -0.3 is 0 Å². The smallest absolute Gasteiger partial charge is 0.179 e. The molecule has 0 radical (unpaired) electrons. The minimum absolute atomic E-state index is 0.0909. The van der Waals surface area contributed by atoms with Crippen LogP contribution in [-0.4, -0.2) is 10.1 Å².